The lowest BCUT2D eigenvalue weighted by Crippen LogP contribution is -2.34. The average molecular weight is 280 g/mol. The quantitative estimate of drug-likeness (QED) is 0.827. The van der Waals surface area contributed by atoms with Gasteiger partial charge in [0.1, 0.15) is 0 Å². The van der Waals surface area contributed by atoms with E-state index in [1.54, 1.807) is 0 Å². The lowest BCUT2D eigenvalue weighted by Gasteiger charge is -2.28. The molecule has 1 aliphatic heterocycles. The van der Waals surface area contributed by atoms with Gasteiger partial charge >= 0.3 is 0 Å². The molecule has 21 heavy (non-hydrogen) atoms. The standard InChI is InChI=1S/C17H16N2O2/c18-16(20)14-10-6-2-1-5-9(10)13-11-7-3-4-8-12(11)17(21)19-15(13)14/h3-4,7-8,13H,1-2,5-6H2,(H2,18,20)(H,19,21). The summed E-state index contributed by atoms with van der Waals surface area (Å²) in [5.41, 5.74) is 10.9. The smallest absolute Gasteiger partial charge is 0.255 e. The van der Waals surface area contributed by atoms with Crippen molar-refractivity contribution in [2.75, 3.05) is 0 Å². The molecule has 0 bridgehead atoms. The third kappa shape index (κ3) is 1.62. The van der Waals surface area contributed by atoms with Crippen molar-refractivity contribution < 1.29 is 9.59 Å². The maximum atomic E-state index is 12.3. The summed E-state index contributed by atoms with van der Waals surface area (Å²) >= 11 is 0. The highest BCUT2D eigenvalue weighted by atomic mass is 16.2. The van der Waals surface area contributed by atoms with Crippen LogP contribution in [0.4, 0.5) is 0 Å². The summed E-state index contributed by atoms with van der Waals surface area (Å²) in [6, 6.07) is 7.64. The van der Waals surface area contributed by atoms with E-state index in [0.29, 0.717) is 16.8 Å². The molecule has 0 fully saturated rings. The van der Waals surface area contributed by atoms with Crippen LogP contribution in [0.25, 0.3) is 0 Å². The predicted molar refractivity (Wildman–Crippen MR) is 78.4 cm³/mol. The molecule has 0 saturated heterocycles. The number of nitrogens with two attached hydrogens (primary N) is 1. The monoisotopic (exact) mass is 280 g/mol. The number of nitrogens with one attached hydrogen (secondary N) is 1. The van der Waals surface area contributed by atoms with Gasteiger partial charge in [0, 0.05) is 17.2 Å². The van der Waals surface area contributed by atoms with Gasteiger partial charge in [-0.2, -0.15) is 0 Å². The second-order valence-corrected chi connectivity index (χ2v) is 5.84. The van der Waals surface area contributed by atoms with E-state index in [9.17, 15) is 9.59 Å². The fourth-order valence-corrected chi connectivity index (χ4v) is 3.92. The molecule has 3 N–H and O–H groups in total. The number of hydrogen-bond acceptors (Lipinski definition) is 2. The molecule has 0 aromatic heterocycles. The molecule has 4 heteroatoms. The Kier molecular flexibility index (Phi) is 2.55. The molecule has 2 aliphatic carbocycles. The van der Waals surface area contributed by atoms with Crippen molar-refractivity contribution in [3.8, 4) is 0 Å². The average Bonchev–Trinajstić information content (AvgIpc) is 2.81. The Morgan fingerprint density at radius 1 is 1.19 bits per heavy atom. The van der Waals surface area contributed by atoms with Crippen molar-refractivity contribution in [3.05, 3.63) is 57.8 Å². The molecule has 0 saturated carbocycles. The fraction of sp³-hybridized carbons (Fsp3) is 0.294. The van der Waals surface area contributed by atoms with Crippen molar-refractivity contribution in [2.24, 2.45) is 5.73 Å². The Morgan fingerprint density at radius 3 is 2.76 bits per heavy atom. The molecule has 4 nitrogen and oxygen atoms in total. The van der Waals surface area contributed by atoms with Crippen molar-refractivity contribution >= 4 is 11.8 Å². The van der Waals surface area contributed by atoms with Gasteiger partial charge in [0.2, 0.25) is 0 Å². The van der Waals surface area contributed by atoms with E-state index in [1.165, 1.54) is 5.57 Å². The summed E-state index contributed by atoms with van der Waals surface area (Å²) in [5.74, 6) is -0.561. The minimum Gasteiger partial charge on any atom is -0.366 e. The van der Waals surface area contributed by atoms with E-state index in [1.807, 2.05) is 24.3 Å². The van der Waals surface area contributed by atoms with E-state index in [-0.39, 0.29) is 11.8 Å². The Morgan fingerprint density at radius 2 is 1.95 bits per heavy atom. The van der Waals surface area contributed by atoms with Crippen LogP contribution in [0.5, 0.6) is 0 Å². The summed E-state index contributed by atoms with van der Waals surface area (Å²) in [7, 11) is 0. The van der Waals surface area contributed by atoms with Crippen molar-refractivity contribution in [1.82, 2.24) is 5.32 Å². The Bertz CT molecular complexity index is 743. The maximum Gasteiger partial charge on any atom is 0.255 e. The molecule has 106 valence electrons. The van der Waals surface area contributed by atoms with Crippen LogP contribution in [-0.2, 0) is 4.79 Å². The van der Waals surface area contributed by atoms with Crippen LogP contribution in [0.1, 0.15) is 47.5 Å². The molecule has 3 aliphatic rings. The topological polar surface area (TPSA) is 72.2 Å². The molecule has 1 unspecified atom stereocenters. The molecule has 1 heterocycles. The predicted octanol–water partition coefficient (Wildman–Crippen LogP) is 2.14. The number of carbonyl (C=O) groups is 2. The molecular formula is C17H16N2O2. The number of fused-ring (bicyclic) bond motifs is 4. The van der Waals surface area contributed by atoms with E-state index in [2.05, 4.69) is 5.32 Å². The highest BCUT2D eigenvalue weighted by molar-refractivity contribution is 6.05. The van der Waals surface area contributed by atoms with Crippen molar-refractivity contribution in [3.63, 3.8) is 0 Å². The van der Waals surface area contributed by atoms with Crippen LogP contribution < -0.4 is 11.1 Å². The number of allylic oxidation sites excluding steroid dienone is 1. The number of hydrogen-bond donors (Lipinski definition) is 2. The third-order valence-electron chi connectivity index (χ3n) is 4.73. The maximum absolute atomic E-state index is 12.3. The minimum absolute atomic E-state index is 0.0108. The van der Waals surface area contributed by atoms with Crippen LogP contribution in [0.15, 0.2) is 46.7 Å². The summed E-state index contributed by atoms with van der Waals surface area (Å²) in [5, 5.41) is 2.92. The lowest BCUT2D eigenvalue weighted by atomic mass is 9.80. The molecule has 1 atom stereocenters. The highest BCUT2D eigenvalue weighted by Crippen LogP contribution is 2.50. The van der Waals surface area contributed by atoms with E-state index >= 15 is 0 Å². The van der Waals surface area contributed by atoms with Gasteiger partial charge in [0.05, 0.1) is 5.57 Å². The minimum atomic E-state index is -0.429. The fourth-order valence-electron chi connectivity index (χ4n) is 3.92. The van der Waals surface area contributed by atoms with Gasteiger partial charge in [0.15, 0.2) is 0 Å². The normalized spacial score (nSPS) is 23.4. The van der Waals surface area contributed by atoms with Gasteiger partial charge in [-0.05, 0) is 42.9 Å². The zero-order chi connectivity index (χ0) is 14.6. The van der Waals surface area contributed by atoms with Crippen LogP contribution in [0, 0.1) is 0 Å². The molecule has 0 spiro atoms. The van der Waals surface area contributed by atoms with E-state index in [0.717, 1.165) is 36.8 Å². The SMILES string of the molecule is NC(=O)C1=C2NC(=O)c3ccccc3C2C2=C1CCCC2. The molecule has 2 amide bonds. The zero-order valence-electron chi connectivity index (χ0n) is 11.6. The van der Waals surface area contributed by atoms with Gasteiger partial charge in [-0.1, -0.05) is 23.8 Å². The highest BCUT2D eigenvalue weighted by Gasteiger charge is 2.42. The molecule has 1 aromatic rings. The summed E-state index contributed by atoms with van der Waals surface area (Å²) in [4.78, 5) is 24.2. The van der Waals surface area contributed by atoms with Crippen molar-refractivity contribution in [2.45, 2.75) is 31.6 Å². The summed E-state index contributed by atoms with van der Waals surface area (Å²) < 4.78 is 0. The van der Waals surface area contributed by atoms with Gasteiger partial charge in [-0.25, -0.2) is 0 Å². The molecule has 1 aromatic carbocycles. The van der Waals surface area contributed by atoms with Gasteiger partial charge in [-0.15, -0.1) is 0 Å². The van der Waals surface area contributed by atoms with Gasteiger partial charge in [0.25, 0.3) is 11.8 Å². The first-order valence-corrected chi connectivity index (χ1v) is 7.35. The van der Waals surface area contributed by atoms with Crippen LogP contribution in [-0.4, -0.2) is 11.8 Å². The Hall–Kier alpha value is -2.36. The zero-order valence-corrected chi connectivity index (χ0v) is 11.6. The van der Waals surface area contributed by atoms with Crippen LogP contribution in [0.3, 0.4) is 0 Å². The number of benzene rings is 1. The van der Waals surface area contributed by atoms with Crippen LogP contribution >= 0.6 is 0 Å². The number of rotatable bonds is 1. The number of primary amides is 1. The second-order valence-electron chi connectivity index (χ2n) is 5.84. The molecule has 4 rings (SSSR count). The first-order valence-electron chi connectivity index (χ1n) is 7.35. The lowest BCUT2D eigenvalue weighted by molar-refractivity contribution is -0.114. The van der Waals surface area contributed by atoms with Gasteiger partial charge in [-0.3, -0.25) is 9.59 Å². The van der Waals surface area contributed by atoms with Crippen molar-refractivity contribution in [1.29, 1.82) is 0 Å². The van der Waals surface area contributed by atoms with Gasteiger partial charge < -0.3 is 11.1 Å². The van der Waals surface area contributed by atoms with Crippen LogP contribution in [0.2, 0.25) is 0 Å². The van der Waals surface area contributed by atoms with E-state index in [4.69, 9.17) is 5.73 Å². The Labute approximate surface area is 122 Å². The third-order valence-corrected chi connectivity index (χ3v) is 4.73. The Balaban J connectivity index is 1.99. The number of amides is 2. The first kappa shape index (κ1) is 12.4. The second kappa shape index (κ2) is 4.32. The summed E-state index contributed by atoms with van der Waals surface area (Å²) in [6.45, 7) is 0. The number of carbonyl (C=O) groups excluding carboxylic acids is 2. The summed E-state index contributed by atoms with van der Waals surface area (Å²) in [6.07, 6.45) is 4.06. The molecule has 0 radical (unpaired) electrons. The molecular weight excluding hydrogens is 264 g/mol. The largest absolute Gasteiger partial charge is 0.366 e. The first-order chi connectivity index (χ1) is 10.2. The van der Waals surface area contributed by atoms with E-state index < -0.39 is 5.91 Å².